The fourth-order valence-corrected chi connectivity index (χ4v) is 2.13. The molecule has 2 N–H and O–H groups in total. The van der Waals surface area contributed by atoms with E-state index in [-0.39, 0.29) is 12.4 Å². The van der Waals surface area contributed by atoms with Crippen LogP contribution in [-0.4, -0.2) is 31.1 Å². The van der Waals surface area contributed by atoms with Gasteiger partial charge in [-0.25, -0.2) is 0 Å². The van der Waals surface area contributed by atoms with Crippen molar-refractivity contribution >= 4 is 12.4 Å². The van der Waals surface area contributed by atoms with Crippen LogP contribution in [0.4, 0.5) is 0 Å². The van der Waals surface area contributed by atoms with Crippen LogP contribution >= 0.6 is 12.4 Å². The predicted octanol–water partition coefficient (Wildman–Crippen LogP) is 1.88. The number of nitrogens with two attached hydrogens (primary N) is 1. The van der Waals surface area contributed by atoms with Gasteiger partial charge >= 0.3 is 0 Å². The predicted molar refractivity (Wildman–Crippen MR) is 60.4 cm³/mol. The Bertz CT molecular complexity index is 140. The average molecular weight is 207 g/mol. The molecule has 0 heterocycles. The standard InChI is InChI=1S/C10H22N2.ClH/c1-9-4-6-10(8-11,7-5-9)12(2)3;/h9H,4-8,11H2,1-3H3;1H. The highest BCUT2D eigenvalue weighted by atomic mass is 35.5. The van der Waals surface area contributed by atoms with Crippen molar-refractivity contribution in [2.24, 2.45) is 11.7 Å². The zero-order valence-electron chi connectivity index (χ0n) is 9.05. The lowest BCUT2D eigenvalue weighted by Gasteiger charge is -2.43. The van der Waals surface area contributed by atoms with Crippen molar-refractivity contribution in [3.8, 4) is 0 Å². The van der Waals surface area contributed by atoms with Gasteiger partial charge in [0.25, 0.3) is 0 Å². The van der Waals surface area contributed by atoms with E-state index in [9.17, 15) is 0 Å². The van der Waals surface area contributed by atoms with Gasteiger partial charge in [-0.3, -0.25) is 0 Å². The second kappa shape index (κ2) is 5.18. The molecule has 0 radical (unpaired) electrons. The molecule has 13 heavy (non-hydrogen) atoms. The minimum absolute atomic E-state index is 0. The van der Waals surface area contributed by atoms with Gasteiger partial charge in [-0.2, -0.15) is 0 Å². The highest BCUT2D eigenvalue weighted by molar-refractivity contribution is 5.85. The molecule has 1 aliphatic carbocycles. The van der Waals surface area contributed by atoms with E-state index in [2.05, 4.69) is 25.9 Å². The van der Waals surface area contributed by atoms with Gasteiger partial charge in [0, 0.05) is 12.1 Å². The Labute approximate surface area is 88.3 Å². The Balaban J connectivity index is 0.00000144. The molecular formula is C10H23ClN2. The van der Waals surface area contributed by atoms with Gasteiger partial charge in [-0.1, -0.05) is 6.92 Å². The summed E-state index contributed by atoms with van der Waals surface area (Å²) in [6.07, 6.45) is 5.24. The molecule has 2 nitrogen and oxygen atoms in total. The first-order valence-corrected chi connectivity index (χ1v) is 4.98. The summed E-state index contributed by atoms with van der Waals surface area (Å²) in [5.74, 6) is 0.907. The molecule has 0 aliphatic heterocycles. The van der Waals surface area contributed by atoms with Gasteiger partial charge in [-0.05, 0) is 45.7 Å². The summed E-state index contributed by atoms with van der Waals surface area (Å²) < 4.78 is 0. The van der Waals surface area contributed by atoms with Crippen molar-refractivity contribution in [3.63, 3.8) is 0 Å². The zero-order valence-corrected chi connectivity index (χ0v) is 9.86. The largest absolute Gasteiger partial charge is 0.329 e. The van der Waals surface area contributed by atoms with E-state index in [1.807, 2.05) is 0 Å². The number of hydrogen-bond acceptors (Lipinski definition) is 2. The van der Waals surface area contributed by atoms with Gasteiger partial charge < -0.3 is 10.6 Å². The second-order valence-corrected chi connectivity index (χ2v) is 4.51. The molecule has 1 aliphatic rings. The maximum atomic E-state index is 5.84. The van der Waals surface area contributed by atoms with Gasteiger partial charge in [0.2, 0.25) is 0 Å². The first kappa shape index (κ1) is 13.2. The number of halogens is 1. The van der Waals surface area contributed by atoms with Crippen molar-refractivity contribution in [1.82, 2.24) is 4.90 Å². The van der Waals surface area contributed by atoms with Crippen molar-refractivity contribution < 1.29 is 0 Å². The molecule has 0 saturated heterocycles. The molecule has 0 atom stereocenters. The molecule has 80 valence electrons. The molecule has 0 aromatic rings. The molecule has 1 rings (SSSR count). The summed E-state index contributed by atoms with van der Waals surface area (Å²) >= 11 is 0. The minimum atomic E-state index is 0. The van der Waals surface area contributed by atoms with Crippen LogP contribution in [-0.2, 0) is 0 Å². The maximum Gasteiger partial charge on any atom is 0.0325 e. The van der Waals surface area contributed by atoms with Crippen LogP contribution in [0.1, 0.15) is 32.6 Å². The lowest BCUT2D eigenvalue weighted by atomic mass is 9.76. The Morgan fingerprint density at radius 1 is 1.31 bits per heavy atom. The Morgan fingerprint density at radius 2 is 1.77 bits per heavy atom. The van der Waals surface area contributed by atoms with E-state index in [1.165, 1.54) is 25.7 Å². The summed E-state index contributed by atoms with van der Waals surface area (Å²) in [4.78, 5) is 2.32. The first-order valence-electron chi connectivity index (χ1n) is 4.98. The van der Waals surface area contributed by atoms with E-state index in [4.69, 9.17) is 5.73 Å². The third kappa shape index (κ3) is 2.83. The normalized spacial score (nSPS) is 34.4. The third-order valence-electron chi connectivity index (χ3n) is 3.53. The zero-order chi connectivity index (χ0) is 9.19. The average Bonchev–Trinajstić information content (AvgIpc) is 2.06. The quantitative estimate of drug-likeness (QED) is 0.748. The molecule has 1 fully saturated rings. The van der Waals surface area contributed by atoms with E-state index >= 15 is 0 Å². The fraction of sp³-hybridized carbons (Fsp3) is 1.00. The summed E-state index contributed by atoms with van der Waals surface area (Å²) in [5.41, 5.74) is 6.15. The Hall–Kier alpha value is 0.210. The molecule has 0 aromatic carbocycles. The molecule has 1 saturated carbocycles. The monoisotopic (exact) mass is 206 g/mol. The smallest absolute Gasteiger partial charge is 0.0325 e. The third-order valence-corrected chi connectivity index (χ3v) is 3.53. The van der Waals surface area contributed by atoms with Crippen LogP contribution in [0.3, 0.4) is 0 Å². The van der Waals surface area contributed by atoms with Crippen LogP contribution in [0.15, 0.2) is 0 Å². The number of likely N-dealkylation sites (N-methyl/N-ethyl adjacent to an activating group) is 1. The van der Waals surface area contributed by atoms with Crippen LogP contribution in [0.25, 0.3) is 0 Å². The summed E-state index contributed by atoms with van der Waals surface area (Å²) in [6, 6.07) is 0. The topological polar surface area (TPSA) is 29.3 Å². The fourth-order valence-electron chi connectivity index (χ4n) is 2.13. The van der Waals surface area contributed by atoms with Crippen molar-refractivity contribution in [2.45, 2.75) is 38.1 Å². The van der Waals surface area contributed by atoms with E-state index in [0.29, 0.717) is 5.54 Å². The van der Waals surface area contributed by atoms with Crippen molar-refractivity contribution in [1.29, 1.82) is 0 Å². The summed E-state index contributed by atoms with van der Waals surface area (Å²) in [7, 11) is 4.31. The lowest BCUT2D eigenvalue weighted by molar-refractivity contribution is 0.0910. The van der Waals surface area contributed by atoms with Crippen molar-refractivity contribution in [2.75, 3.05) is 20.6 Å². The van der Waals surface area contributed by atoms with E-state index in [0.717, 1.165) is 12.5 Å². The second-order valence-electron chi connectivity index (χ2n) is 4.51. The molecule has 3 heteroatoms. The highest BCUT2D eigenvalue weighted by Gasteiger charge is 2.34. The SMILES string of the molecule is CC1CCC(CN)(N(C)C)CC1.Cl. The molecule has 0 amide bonds. The molecular weight excluding hydrogens is 184 g/mol. The van der Waals surface area contributed by atoms with E-state index < -0.39 is 0 Å². The van der Waals surface area contributed by atoms with Gasteiger partial charge in [0.05, 0.1) is 0 Å². The Kier molecular flexibility index (Phi) is 5.26. The van der Waals surface area contributed by atoms with Crippen LogP contribution in [0, 0.1) is 5.92 Å². The van der Waals surface area contributed by atoms with Crippen molar-refractivity contribution in [3.05, 3.63) is 0 Å². The minimum Gasteiger partial charge on any atom is -0.329 e. The highest BCUT2D eigenvalue weighted by Crippen LogP contribution is 2.34. The molecule has 0 bridgehead atoms. The lowest BCUT2D eigenvalue weighted by Crippen LogP contribution is -2.52. The summed E-state index contributed by atoms with van der Waals surface area (Å²) in [5, 5.41) is 0. The van der Waals surface area contributed by atoms with Crippen LogP contribution in [0.5, 0.6) is 0 Å². The number of nitrogens with zero attached hydrogens (tertiary/aromatic N) is 1. The van der Waals surface area contributed by atoms with Gasteiger partial charge in [0.1, 0.15) is 0 Å². The number of hydrogen-bond donors (Lipinski definition) is 1. The maximum absolute atomic E-state index is 5.84. The van der Waals surface area contributed by atoms with Crippen LogP contribution < -0.4 is 5.73 Å². The molecule has 0 spiro atoms. The molecule has 0 unspecified atom stereocenters. The summed E-state index contributed by atoms with van der Waals surface area (Å²) in [6.45, 7) is 3.16. The first-order chi connectivity index (χ1) is 5.60. The van der Waals surface area contributed by atoms with Gasteiger partial charge in [-0.15, -0.1) is 12.4 Å². The number of rotatable bonds is 2. The Morgan fingerprint density at radius 3 is 2.08 bits per heavy atom. The van der Waals surface area contributed by atoms with E-state index in [1.54, 1.807) is 0 Å². The molecule has 0 aromatic heterocycles. The van der Waals surface area contributed by atoms with Gasteiger partial charge in [0.15, 0.2) is 0 Å². The van der Waals surface area contributed by atoms with Crippen LogP contribution in [0.2, 0.25) is 0 Å².